The number of carboxylic acids is 1. The second-order valence-electron chi connectivity index (χ2n) is 16.1. The van der Waals surface area contributed by atoms with Crippen molar-refractivity contribution in [3.05, 3.63) is 159 Å². The van der Waals surface area contributed by atoms with Gasteiger partial charge in [-0.25, -0.2) is 13.2 Å². The van der Waals surface area contributed by atoms with Crippen LogP contribution in [0.25, 0.3) is 54.5 Å². The molecule has 0 saturated carbocycles. The molecular weight excluding hydrogens is 1110 g/mol. The van der Waals surface area contributed by atoms with Crippen LogP contribution >= 0.6 is 43.6 Å². The number of carboxylic acid groups (broad SMARTS) is 1. The Morgan fingerprint density at radius 3 is 1.21 bits per heavy atom. The highest BCUT2D eigenvalue weighted by Crippen LogP contribution is 2.25. The number of fused-ring (bicyclic) bond motifs is 5. The highest BCUT2D eigenvalue weighted by Gasteiger charge is 2.12. The summed E-state index contributed by atoms with van der Waals surface area (Å²) in [5.74, 6) is -0.867. The Morgan fingerprint density at radius 2 is 0.833 bits per heavy atom. The topological polar surface area (TPSA) is 236 Å². The standard InChI is InChI=1S/C11H11NO3S.C11H11NO2S.C11H11NOS.C10H8BrNO.C9H6BrNO2.CH4/c1-7(13)11-6-8-5-9(16(2,14)15)3-4-10(8)12-11;1-7(13)11-6-8-5-9(15(2)14)3-4-10(8)12-11;1-7(13)11-6-8-5-9(14-2)3-4-10(8)12-11;1-6(13)10-5-7-4-8(11)2-3-9(7)12-10;10-6-1-2-7-5(3-6)4-8(11-7)9(12)13;/h3-6,12H,1-2H3;3-6,12H,1-2H3;3-6,12H,1-2H3;2-5,12H,1H3;1-4,11H,(H,12,13);1H4. The molecule has 0 radical (unpaired) electrons. The number of hydrogen-bond acceptors (Lipinski definition) is 9. The monoisotopic (exact) mass is 1160 g/mol. The summed E-state index contributed by atoms with van der Waals surface area (Å²) in [6, 6.07) is 36.7. The first-order chi connectivity index (χ1) is 33.5. The zero-order chi connectivity index (χ0) is 51.9. The van der Waals surface area contributed by atoms with Crippen LogP contribution in [-0.2, 0) is 20.6 Å². The average Bonchev–Trinajstić information content (AvgIpc) is 4.17. The van der Waals surface area contributed by atoms with Crippen molar-refractivity contribution >= 4 is 148 Å². The summed E-state index contributed by atoms with van der Waals surface area (Å²) in [4.78, 5) is 72.2. The number of Topliss-reactive ketones (excluding diaryl/α,β-unsaturated/α-hetero) is 4. The molecule has 0 aliphatic rings. The lowest BCUT2D eigenvalue weighted by atomic mass is 10.2. The lowest BCUT2D eigenvalue weighted by Crippen LogP contribution is -1.95. The Balaban J connectivity index is 0.000000167. The largest absolute Gasteiger partial charge is 0.477 e. The number of benzene rings is 5. The van der Waals surface area contributed by atoms with E-state index in [-0.39, 0.29) is 41.1 Å². The molecule has 5 aromatic carbocycles. The van der Waals surface area contributed by atoms with Gasteiger partial charge in [-0.05, 0) is 128 Å². The van der Waals surface area contributed by atoms with E-state index >= 15 is 0 Å². The van der Waals surface area contributed by atoms with Crippen LogP contribution in [0.3, 0.4) is 0 Å². The van der Waals surface area contributed by atoms with Crippen molar-refractivity contribution < 1.29 is 41.7 Å². The second-order valence-corrected chi connectivity index (χ2v) is 22.2. The van der Waals surface area contributed by atoms with Gasteiger partial charge in [-0.3, -0.25) is 23.4 Å². The van der Waals surface area contributed by atoms with Crippen molar-refractivity contribution in [2.24, 2.45) is 0 Å². The minimum atomic E-state index is -3.20. The minimum Gasteiger partial charge on any atom is -0.477 e. The Morgan fingerprint density at radius 1 is 0.500 bits per heavy atom. The van der Waals surface area contributed by atoms with Gasteiger partial charge in [0.25, 0.3) is 0 Å². The normalized spacial score (nSPS) is 11.2. The minimum absolute atomic E-state index is 0. The Bertz CT molecular complexity index is 3710. The highest BCUT2D eigenvalue weighted by atomic mass is 79.9. The van der Waals surface area contributed by atoms with E-state index in [1.807, 2.05) is 79.1 Å². The number of aromatic nitrogens is 5. The van der Waals surface area contributed by atoms with Crippen LogP contribution in [-0.4, -0.2) is 90.5 Å². The third kappa shape index (κ3) is 14.5. The molecule has 0 amide bonds. The van der Waals surface area contributed by atoms with Crippen LogP contribution in [0.1, 0.15) is 87.6 Å². The smallest absolute Gasteiger partial charge is 0.352 e. The van der Waals surface area contributed by atoms with Gasteiger partial charge in [-0.15, -0.1) is 11.8 Å². The highest BCUT2D eigenvalue weighted by molar-refractivity contribution is 9.10. The Kier molecular flexibility index (Phi) is 18.9. The van der Waals surface area contributed by atoms with E-state index < -0.39 is 26.6 Å². The van der Waals surface area contributed by atoms with E-state index in [1.165, 1.54) is 24.8 Å². The van der Waals surface area contributed by atoms with Crippen molar-refractivity contribution in [1.29, 1.82) is 0 Å². The van der Waals surface area contributed by atoms with Gasteiger partial charge in [-0.1, -0.05) is 39.3 Å². The van der Waals surface area contributed by atoms with E-state index in [1.54, 1.807) is 68.3 Å². The molecule has 6 N–H and O–H groups in total. The molecule has 0 spiro atoms. The fourth-order valence-electron chi connectivity index (χ4n) is 6.95. The fourth-order valence-corrected chi connectivity index (χ4v) is 9.36. The predicted octanol–water partition coefficient (Wildman–Crippen LogP) is 13.4. The lowest BCUT2D eigenvalue weighted by Gasteiger charge is -1.97. The van der Waals surface area contributed by atoms with Gasteiger partial charge in [0, 0.05) is 124 Å². The molecule has 0 aliphatic carbocycles. The van der Waals surface area contributed by atoms with E-state index in [2.05, 4.69) is 62.8 Å². The van der Waals surface area contributed by atoms with Gasteiger partial charge in [0.1, 0.15) is 5.69 Å². The number of sulfone groups is 1. The molecular formula is C53H51Br2N5O9S3. The molecule has 374 valence electrons. The summed E-state index contributed by atoms with van der Waals surface area (Å²) in [6.45, 7) is 6.10. The first-order valence-electron chi connectivity index (χ1n) is 21.3. The first kappa shape index (κ1) is 56.3. The molecule has 1 unspecified atom stereocenters. The molecule has 19 heteroatoms. The van der Waals surface area contributed by atoms with E-state index in [9.17, 15) is 36.6 Å². The third-order valence-corrected chi connectivity index (χ3v) is 14.4. The summed E-state index contributed by atoms with van der Waals surface area (Å²) in [5, 5.41) is 13.4. The molecule has 0 fully saturated rings. The number of hydrogen-bond donors (Lipinski definition) is 6. The molecule has 72 heavy (non-hydrogen) atoms. The predicted molar refractivity (Wildman–Crippen MR) is 298 cm³/mol. The second kappa shape index (κ2) is 24.2. The number of carbonyl (C=O) groups excluding carboxylic acids is 4. The van der Waals surface area contributed by atoms with Gasteiger partial charge in [-0.2, -0.15) is 0 Å². The van der Waals surface area contributed by atoms with Crippen LogP contribution < -0.4 is 0 Å². The van der Waals surface area contributed by atoms with E-state index in [4.69, 9.17) is 5.11 Å². The third-order valence-electron chi connectivity index (χ3n) is 10.7. The number of nitrogens with one attached hydrogen (secondary N) is 5. The maximum atomic E-state index is 11.3. The Hall–Kier alpha value is -6.64. The zero-order valence-electron chi connectivity index (χ0n) is 39.2. The maximum absolute atomic E-state index is 11.3. The van der Waals surface area contributed by atoms with Crippen LogP contribution in [0, 0.1) is 0 Å². The maximum Gasteiger partial charge on any atom is 0.352 e. The molecule has 5 heterocycles. The van der Waals surface area contributed by atoms with Crippen molar-refractivity contribution in [3.63, 3.8) is 0 Å². The molecule has 14 nitrogen and oxygen atoms in total. The number of aromatic carboxylic acids is 1. The van der Waals surface area contributed by atoms with E-state index in [0.717, 1.165) is 74.6 Å². The van der Waals surface area contributed by atoms with Crippen LogP contribution in [0.15, 0.2) is 145 Å². The number of H-pyrrole nitrogens is 5. The summed E-state index contributed by atoms with van der Waals surface area (Å²) in [6.07, 6.45) is 4.84. The molecule has 5 aromatic heterocycles. The van der Waals surface area contributed by atoms with Gasteiger partial charge >= 0.3 is 5.97 Å². The summed E-state index contributed by atoms with van der Waals surface area (Å²) in [5.41, 5.74) is 7.14. The lowest BCUT2D eigenvalue weighted by molar-refractivity contribution is 0.0690. The van der Waals surface area contributed by atoms with Crippen molar-refractivity contribution in [2.45, 2.75) is 49.8 Å². The summed E-state index contributed by atoms with van der Waals surface area (Å²) >= 11 is 8.40. The van der Waals surface area contributed by atoms with Gasteiger partial charge < -0.3 is 30.0 Å². The SMILES string of the molecule is C.CC(=O)c1cc2cc(Br)ccc2[nH]1.CC(=O)c1cc2cc(S(C)(=O)=O)ccc2[nH]1.CC(=O)c1cc2cc(S(C)=O)ccc2[nH]1.CSc1ccc2[nH]c(C(C)=O)cc2c1.O=C(O)c1cc2cc(Br)ccc2[nH]1. The molecule has 0 saturated heterocycles. The van der Waals surface area contributed by atoms with E-state index in [0.29, 0.717) is 22.8 Å². The van der Waals surface area contributed by atoms with Crippen molar-refractivity contribution in [1.82, 2.24) is 24.9 Å². The molecule has 0 aliphatic heterocycles. The van der Waals surface area contributed by atoms with Crippen molar-refractivity contribution in [3.8, 4) is 0 Å². The number of rotatable bonds is 8. The average molecular weight is 1160 g/mol. The molecule has 10 aromatic rings. The number of aromatic amines is 5. The fraction of sp³-hybridized carbons (Fsp3) is 0.151. The summed E-state index contributed by atoms with van der Waals surface area (Å²) < 4.78 is 35.9. The van der Waals surface area contributed by atoms with Gasteiger partial charge in [0.15, 0.2) is 33.0 Å². The van der Waals surface area contributed by atoms with Crippen LogP contribution in [0.5, 0.6) is 0 Å². The van der Waals surface area contributed by atoms with Crippen molar-refractivity contribution in [2.75, 3.05) is 18.8 Å². The molecule has 0 bridgehead atoms. The number of halogens is 2. The van der Waals surface area contributed by atoms with Gasteiger partial charge in [0.2, 0.25) is 0 Å². The van der Waals surface area contributed by atoms with Crippen LogP contribution in [0.2, 0.25) is 0 Å². The van der Waals surface area contributed by atoms with Gasteiger partial charge in [0.05, 0.1) is 27.7 Å². The quantitative estimate of drug-likeness (QED) is 0.0622. The zero-order valence-corrected chi connectivity index (χ0v) is 44.9. The van der Waals surface area contributed by atoms with Crippen LogP contribution in [0.4, 0.5) is 0 Å². The Labute approximate surface area is 438 Å². The first-order valence-corrected chi connectivity index (χ1v) is 27.5. The molecule has 10 rings (SSSR count). The summed E-state index contributed by atoms with van der Waals surface area (Å²) in [7, 11) is -4.19. The molecule has 1 atom stereocenters. The number of thioether (sulfide) groups is 1. The number of ketones is 4. The number of carbonyl (C=O) groups is 5.